The van der Waals surface area contributed by atoms with Crippen molar-refractivity contribution in [1.29, 1.82) is 0 Å². The Morgan fingerprint density at radius 3 is 2.28 bits per heavy atom. The van der Waals surface area contributed by atoms with Crippen LogP contribution in [0.3, 0.4) is 0 Å². The molecule has 0 bridgehead atoms. The lowest BCUT2D eigenvalue weighted by Crippen LogP contribution is -2.40. The van der Waals surface area contributed by atoms with Gasteiger partial charge in [-0.3, -0.25) is 19.3 Å². The van der Waals surface area contributed by atoms with E-state index in [1.807, 2.05) is 35.0 Å². The molecular weight excluding hydrogens is 406 g/mol. The molecule has 2 aromatic heterocycles. The number of hydrogen-bond acceptors (Lipinski definition) is 6. The van der Waals surface area contributed by atoms with E-state index in [1.165, 1.54) is 5.01 Å². The van der Waals surface area contributed by atoms with Crippen LogP contribution in [0.1, 0.15) is 42.9 Å². The summed E-state index contributed by atoms with van der Waals surface area (Å²) in [5.41, 5.74) is 1.52. The average molecular weight is 422 g/mol. The molecule has 2 aliphatic rings. The van der Waals surface area contributed by atoms with Crippen LogP contribution in [0.2, 0.25) is 0 Å². The first-order chi connectivity index (χ1) is 14.1. The van der Waals surface area contributed by atoms with Crippen molar-refractivity contribution in [2.45, 2.75) is 12.5 Å². The van der Waals surface area contributed by atoms with Crippen LogP contribution in [0.4, 0.5) is 0 Å². The van der Waals surface area contributed by atoms with Crippen molar-refractivity contribution in [2.75, 3.05) is 6.54 Å². The van der Waals surface area contributed by atoms with E-state index in [0.29, 0.717) is 17.5 Å². The number of thiophene rings is 2. The zero-order valence-electron chi connectivity index (χ0n) is 15.1. The Kier molecular flexibility index (Phi) is 4.37. The van der Waals surface area contributed by atoms with Crippen molar-refractivity contribution in [2.24, 2.45) is 5.10 Å². The maximum Gasteiger partial charge on any atom is 0.263 e. The van der Waals surface area contributed by atoms with Crippen molar-refractivity contribution in [3.63, 3.8) is 0 Å². The zero-order chi connectivity index (χ0) is 20.0. The van der Waals surface area contributed by atoms with Gasteiger partial charge in [0.25, 0.3) is 17.7 Å². The Morgan fingerprint density at radius 1 is 0.966 bits per heavy atom. The highest BCUT2D eigenvalue weighted by molar-refractivity contribution is 7.12. The minimum atomic E-state index is -0.437. The first-order valence-corrected chi connectivity index (χ1v) is 10.8. The van der Waals surface area contributed by atoms with Crippen LogP contribution in [0, 0.1) is 0 Å². The molecule has 8 heteroatoms. The fourth-order valence-electron chi connectivity index (χ4n) is 3.62. The number of carbonyl (C=O) groups excluding carboxylic acids is 3. The van der Waals surface area contributed by atoms with Gasteiger partial charge in [-0.15, -0.1) is 22.7 Å². The highest BCUT2D eigenvalue weighted by atomic mass is 32.1. The van der Waals surface area contributed by atoms with E-state index in [4.69, 9.17) is 0 Å². The van der Waals surface area contributed by atoms with Crippen LogP contribution in [0.15, 0.2) is 64.4 Å². The number of benzene rings is 1. The highest BCUT2D eigenvalue weighted by Crippen LogP contribution is 2.36. The van der Waals surface area contributed by atoms with E-state index in [0.717, 1.165) is 20.4 Å². The second kappa shape index (κ2) is 7.06. The summed E-state index contributed by atoms with van der Waals surface area (Å²) in [7, 11) is 0. The maximum atomic E-state index is 13.1. The molecule has 1 unspecified atom stereocenters. The van der Waals surface area contributed by atoms with Crippen molar-refractivity contribution in [3.8, 4) is 0 Å². The summed E-state index contributed by atoms with van der Waals surface area (Å²) in [6.07, 6.45) is 0.606. The second-order valence-corrected chi connectivity index (χ2v) is 8.67. The summed E-state index contributed by atoms with van der Waals surface area (Å²) in [6, 6.07) is 14.3. The summed E-state index contributed by atoms with van der Waals surface area (Å²) in [6.45, 7) is -0.324. The molecular formula is C21H15N3O3S2. The van der Waals surface area contributed by atoms with Gasteiger partial charge in [0, 0.05) is 11.3 Å². The SMILES string of the molecule is O=C1c2ccccc2C(=O)N1CC(=O)N1N=C(c2cccs2)CC1c1cccs1. The molecule has 5 rings (SSSR count). The van der Waals surface area contributed by atoms with Crippen molar-refractivity contribution < 1.29 is 14.4 Å². The largest absolute Gasteiger partial charge is 0.271 e. The third-order valence-corrected chi connectivity index (χ3v) is 6.91. The van der Waals surface area contributed by atoms with Gasteiger partial charge in [0.1, 0.15) is 6.54 Å². The number of carbonyl (C=O) groups is 3. The predicted octanol–water partition coefficient (Wildman–Crippen LogP) is 3.78. The molecule has 144 valence electrons. The van der Waals surface area contributed by atoms with E-state index in [2.05, 4.69) is 5.10 Å². The second-order valence-electron chi connectivity index (χ2n) is 6.74. The Labute approximate surface area is 174 Å². The van der Waals surface area contributed by atoms with E-state index >= 15 is 0 Å². The van der Waals surface area contributed by atoms with E-state index in [1.54, 1.807) is 46.9 Å². The van der Waals surface area contributed by atoms with E-state index in [9.17, 15) is 14.4 Å². The van der Waals surface area contributed by atoms with Gasteiger partial charge in [-0.05, 0) is 35.0 Å². The molecule has 6 nitrogen and oxygen atoms in total. The molecule has 0 N–H and O–H groups in total. The van der Waals surface area contributed by atoms with Crippen molar-refractivity contribution in [3.05, 3.63) is 80.2 Å². The lowest BCUT2D eigenvalue weighted by atomic mass is 10.1. The molecule has 0 saturated heterocycles. The van der Waals surface area contributed by atoms with Gasteiger partial charge in [0.15, 0.2) is 0 Å². The average Bonchev–Trinajstić information content (AvgIpc) is 3.51. The number of imide groups is 1. The smallest absolute Gasteiger partial charge is 0.263 e. The van der Waals surface area contributed by atoms with Crippen LogP contribution >= 0.6 is 22.7 Å². The van der Waals surface area contributed by atoms with Crippen LogP contribution in [0.5, 0.6) is 0 Å². The Morgan fingerprint density at radius 2 is 1.66 bits per heavy atom. The fourth-order valence-corrected chi connectivity index (χ4v) is 5.16. The number of amides is 3. The lowest BCUT2D eigenvalue weighted by molar-refractivity contribution is -0.133. The molecule has 0 fully saturated rings. The molecule has 1 atom stereocenters. The standard InChI is InChI=1S/C21H15N3O3S2/c25-19(12-23-20(26)13-5-1-2-6-14(13)21(23)27)24-16(18-8-4-10-29-18)11-15(22-24)17-7-3-9-28-17/h1-10,16H,11-12H2. The third kappa shape index (κ3) is 3.01. The molecule has 1 aromatic carbocycles. The number of fused-ring (bicyclic) bond motifs is 1. The van der Waals surface area contributed by atoms with Crippen molar-refractivity contribution in [1.82, 2.24) is 9.91 Å². The first-order valence-electron chi connectivity index (χ1n) is 9.05. The minimum Gasteiger partial charge on any atom is -0.271 e. The Bertz CT molecular complexity index is 1100. The van der Waals surface area contributed by atoms with E-state index in [-0.39, 0.29) is 18.5 Å². The quantitative estimate of drug-likeness (QED) is 0.602. The van der Waals surface area contributed by atoms with Crippen LogP contribution in [-0.2, 0) is 4.79 Å². The van der Waals surface area contributed by atoms with Gasteiger partial charge < -0.3 is 0 Å². The Hall–Kier alpha value is -3.10. The topological polar surface area (TPSA) is 70.1 Å². The molecule has 4 heterocycles. The third-order valence-electron chi connectivity index (χ3n) is 5.01. The maximum absolute atomic E-state index is 13.1. The summed E-state index contributed by atoms with van der Waals surface area (Å²) in [5, 5.41) is 9.95. The van der Waals surface area contributed by atoms with Crippen LogP contribution in [-0.4, -0.2) is 39.9 Å². The number of nitrogens with zero attached hydrogens (tertiary/aromatic N) is 3. The van der Waals surface area contributed by atoms with Crippen molar-refractivity contribution >= 4 is 46.1 Å². The molecule has 3 aromatic rings. The number of hydrazone groups is 1. The fraction of sp³-hybridized carbons (Fsp3) is 0.143. The molecule has 0 radical (unpaired) electrons. The summed E-state index contributed by atoms with van der Waals surface area (Å²) < 4.78 is 0. The summed E-state index contributed by atoms with van der Waals surface area (Å²) in [5.74, 6) is -1.24. The van der Waals surface area contributed by atoms with Gasteiger partial charge in [0.2, 0.25) is 0 Å². The van der Waals surface area contributed by atoms with Gasteiger partial charge in [-0.1, -0.05) is 24.3 Å². The van der Waals surface area contributed by atoms with E-state index < -0.39 is 11.8 Å². The Balaban J connectivity index is 1.43. The molecule has 2 aliphatic heterocycles. The molecule has 29 heavy (non-hydrogen) atoms. The minimum absolute atomic E-state index is 0.227. The number of rotatable bonds is 4. The summed E-state index contributed by atoms with van der Waals surface area (Å²) >= 11 is 3.14. The van der Waals surface area contributed by atoms with Gasteiger partial charge in [-0.2, -0.15) is 5.10 Å². The first kappa shape index (κ1) is 18.0. The van der Waals surface area contributed by atoms with Gasteiger partial charge >= 0.3 is 0 Å². The predicted molar refractivity (Wildman–Crippen MR) is 111 cm³/mol. The van der Waals surface area contributed by atoms with Gasteiger partial charge in [0.05, 0.1) is 27.8 Å². The summed E-state index contributed by atoms with van der Waals surface area (Å²) in [4.78, 5) is 41.4. The van der Waals surface area contributed by atoms with Crippen LogP contribution < -0.4 is 0 Å². The normalized spacial score (nSPS) is 18.3. The zero-order valence-corrected chi connectivity index (χ0v) is 16.8. The lowest BCUT2D eigenvalue weighted by Gasteiger charge is -2.23. The monoisotopic (exact) mass is 421 g/mol. The van der Waals surface area contributed by atoms with Gasteiger partial charge in [-0.25, -0.2) is 5.01 Å². The number of hydrogen-bond donors (Lipinski definition) is 0. The molecule has 0 saturated carbocycles. The van der Waals surface area contributed by atoms with Crippen LogP contribution in [0.25, 0.3) is 0 Å². The highest BCUT2D eigenvalue weighted by Gasteiger charge is 2.40. The molecule has 3 amide bonds. The molecule has 0 aliphatic carbocycles. The molecule has 0 spiro atoms.